The Morgan fingerprint density at radius 3 is 2.80 bits per heavy atom. The van der Waals surface area contributed by atoms with Crippen LogP contribution in [0.15, 0.2) is 53.6 Å². The van der Waals surface area contributed by atoms with Crippen LogP contribution < -0.4 is 0 Å². The maximum absolute atomic E-state index is 13.1. The lowest BCUT2D eigenvalue weighted by molar-refractivity contribution is -0.384. The molecule has 0 spiro atoms. The van der Waals surface area contributed by atoms with Gasteiger partial charge in [0.2, 0.25) is 5.91 Å². The van der Waals surface area contributed by atoms with Gasteiger partial charge in [0.15, 0.2) is 0 Å². The lowest BCUT2D eigenvalue weighted by Crippen LogP contribution is -2.60. The first-order valence-corrected chi connectivity index (χ1v) is 9.49. The highest BCUT2D eigenvalue weighted by Gasteiger charge is 2.43. The Kier molecular flexibility index (Phi) is 4.09. The topological polar surface area (TPSA) is 112 Å². The number of fused-ring (bicyclic) bond motifs is 4. The number of para-hydroxylation sites is 1. The van der Waals surface area contributed by atoms with Crippen LogP contribution >= 0.6 is 0 Å². The summed E-state index contributed by atoms with van der Waals surface area (Å²) in [5, 5.41) is 17.3. The van der Waals surface area contributed by atoms with Gasteiger partial charge >= 0.3 is 0 Å². The van der Waals surface area contributed by atoms with Crippen molar-refractivity contribution in [3.8, 4) is 0 Å². The first-order chi connectivity index (χ1) is 14.5. The van der Waals surface area contributed by atoms with Crippen LogP contribution in [0.5, 0.6) is 0 Å². The molecule has 2 aromatic carbocycles. The molecule has 5 rings (SSSR count). The molecule has 1 aromatic heterocycles. The molecule has 2 aliphatic heterocycles. The van der Waals surface area contributed by atoms with Crippen LogP contribution in [0.4, 0.5) is 5.69 Å². The molecule has 1 N–H and O–H groups in total. The molecule has 2 aliphatic rings. The van der Waals surface area contributed by atoms with E-state index < -0.39 is 11.0 Å². The van der Waals surface area contributed by atoms with Crippen molar-refractivity contribution in [3.05, 3.63) is 75.5 Å². The summed E-state index contributed by atoms with van der Waals surface area (Å²) in [4.78, 5) is 41.2. The number of nitrogens with one attached hydrogen (secondary N) is 1. The molecule has 9 heteroatoms. The van der Waals surface area contributed by atoms with E-state index in [0.29, 0.717) is 18.5 Å². The highest BCUT2D eigenvalue weighted by Crippen LogP contribution is 2.32. The number of non-ortho nitro benzene ring substituents is 1. The van der Waals surface area contributed by atoms with Gasteiger partial charge in [0.1, 0.15) is 12.6 Å². The summed E-state index contributed by atoms with van der Waals surface area (Å²) in [7, 11) is 0. The Labute approximate surface area is 170 Å². The van der Waals surface area contributed by atoms with Crippen molar-refractivity contribution in [2.24, 2.45) is 5.10 Å². The Bertz CT molecular complexity index is 1230. The fourth-order valence-electron chi connectivity index (χ4n) is 4.11. The smallest absolute Gasteiger partial charge is 0.270 e. The maximum atomic E-state index is 13.1. The average molecular weight is 403 g/mol. The van der Waals surface area contributed by atoms with Gasteiger partial charge in [-0.25, -0.2) is 5.01 Å². The van der Waals surface area contributed by atoms with E-state index in [-0.39, 0.29) is 24.0 Å². The molecule has 0 aliphatic carbocycles. The van der Waals surface area contributed by atoms with Gasteiger partial charge in [-0.15, -0.1) is 0 Å². The van der Waals surface area contributed by atoms with Gasteiger partial charge in [0.25, 0.3) is 11.6 Å². The number of carbonyl (C=O) groups is 2. The third-order valence-corrected chi connectivity index (χ3v) is 5.58. The largest absolute Gasteiger partial charge is 0.357 e. The molecule has 1 atom stereocenters. The number of nitro groups is 1. The lowest BCUT2D eigenvalue weighted by atomic mass is 9.94. The molecule has 9 nitrogen and oxygen atoms in total. The number of carbonyl (C=O) groups excluding carboxylic acids is 2. The number of benzene rings is 2. The molecule has 0 saturated carbocycles. The maximum Gasteiger partial charge on any atom is 0.270 e. The van der Waals surface area contributed by atoms with Crippen LogP contribution in [0.2, 0.25) is 0 Å². The lowest BCUT2D eigenvalue weighted by Gasteiger charge is -2.40. The fourth-order valence-corrected chi connectivity index (χ4v) is 4.11. The molecule has 150 valence electrons. The van der Waals surface area contributed by atoms with Crippen molar-refractivity contribution < 1.29 is 14.5 Å². The molecule has 30 heavy (non-hydrogen) atoms. The molecule has 0 radical (unpaired) electrons. The van der Waals surface area contributed by atoms with Crippen molar-refractivity contribution in [1.82, 2.24) is 14.9 Å². The van der Waals surface area contributed by atoms with E-state index in [1.165, 1.54) is 18.3 Å². The second-order valence-electron chi connectivity index (χ2n) is 7.36. The number of amides is 2. The zero-order valence-electron chi connectivity index (χ0n) is 15.8. The first-order valence-electron chi connectivity index (χ1n) is 9.49. The summed E-state index contributed by atoms with van der Waals surface area (Å²) in [5.41, 5.74) is 3.42. The Hall–Kier alpha value is -4.01. The molecule has 0 bridgehead atoms. The Morgan fingerprint density at radius 2 is 1.97 bits per heavy atom. The van der Waals surface area contributed by atoms with Gasteiger partial charge in [-0.05, 0) is 11.6 Å². The highest BCUT2D eigenvalue weighted by atomic mass is 16.6. The summed E-state index contributed by atoms with van der Waals surface area (Å²) in [6.07, 6.45) is 1.79. The number of H-pyrrole nitrogens is 1. The van der Waals surface area contributed by atoms with Gasteiger partial charge in [-0.2, -0.15) is 5.10 Å². The van der Waals surface area contributed by atoms with Crippen molar-refractivity contribution in [3.63, 3.8) is 0 Å². The molecule has 1 fully saturated rings. The molecule has 1 saturated heterocycles. The minimum absolute atomic E-state index is 0.0645. The van der Waals surface area contributed by atoms with Crippen LogP contribution in [0, 0.1) is 10.1 Å². The number of nitrogens with zero attached hydrogens (tertiary/aromatic N) is 4. The Balaban J connectivity index is 1.42. The number of aromatic nitrogens is 1. The number of piperazine rings is 1. The number of hydrogen-bond donors (Lipinski definition) is 1. The predicted octanol–water partition coefficient (Wildman–Crippen LogP) is 2.21. The third kappa shape index (κ3) is 2.91. The fraction of sp³-hybridized carbons (Fsp3) is 0.190. The molecule has 3 aromatic rings. The molecule has 1 unspecified atom stereocenters. The van der Waals surface area contributed by atoms with E-state index in [9.17, 15) is 19.7 Å². The van der Waals surface area contributed by atoms with Crippen LogP contribution in [-0.4, -0.2) is 50.4 Å². The highest BCUT2D eigenvalue weighted by molar-refractivity contribution is 5.97. The summed E-state index contributed by atoms with van der Waals surface area (Å²) in [6.45, 7) is 0.206. The summed E-state index contributed by atoms with van der Waals surface area (Å²) in [6, 6.07) is 13.2. The third-order valence-electron chi connectivity index (χ3n) is 5.58. The van der Waals surface area contributed by atoms with E-state index in [2.05, 4.69) is 10.1 Å². The SMILES string of the molecule is O=C1C2Cc3c([nH]c4ccccc34)CN2C(=O)CN1N=Cc1cccc([N+](=O)[O-])c1. The quantitative estimate of drug-likeness (QED) is 0.410. The number of hydrogen-bond acceptors (Lipinski definition) is 5. The van der Waals surface area contributed by atoms with E-state index in [0.717, 1.165) is 27.2 Å². The summed E-state index contributed by atoms with van der Waals surface area (Å²) < 4.78 is 0. The number of hydrazone groups is 1. The first kappa shape index (κ1) is 18.0. The van der Waals surface area contributed by atoms with E-state index in [1.54, 1.807) is 17.0 Å². The minimum Gasteiger partial charge on any atom is -0.357 e. The standard InChI is InChI=1S/C21H17N5O4/c27-20-12-25(22-10-13-4-3-5-14(8-13)26(29)30)21(28)19-9-16-15-6-1-2-7-17(15)23-18(16)11-24(19)20/h1-8,10,19,23H,9,11-12H2. The van der Waals surface area contributed by atoms with E-state index in [4.69, 9.17) is 0 Å². The number of rotatable bonds is 3. The summed E-state index contributed by atoms with van der Waals surface area (Å²) >= 11 is 0. The van der Waals surface area contributed by atoms with Crippen LogP contribution in [0.3, 0.4) is 0 Å². The monoisotopic (exact) mass is 403 g/mol. The van der Waals surface area contributed by atoms with Crippen LogP contribution in [-0.2, 0) is 22.6 Å². The van der Waals surface area contributed by atoms with Crippen LogP contribution in [0.25, 0.3) is 10.9 Å². The van der Waals surface area contributed by atoms with Gasteiger partial charge in [-0.1, -0.05) is 30.3 Å². The minimum atomic E-state index is -0.611. The van der Waals surface area contributed by atoms with Crippen molar-refractivity contribution in [2.75, 3.05) is 6.54 Å². The average Bonchev–Trinajstić information content (AvgIpc) is 3.12. The second-order valence-corrected chi connectivity index (χ2v) is 7.36. The second kappa shape index (κ2) is 6.80. The Morgan fingerprint density at radius 1 is 1.13 bits per heavy atom. The van der Waals surface area contributed by atoms with Crippen LogP contribution in [0.1, 0.15) is 16.8 Å². The van der Waals surface area contributed by atoms with E-state index in [1.807, 2.05) is 24.3 Å². The zero-order valence-corrected chi connectivity index (χ0v) is 15.8. The van der Waals surface area contributed by atoms with Crippen molar-refractivity contribution in [1.29, 1.82) is 0 Å². The molecule has 3 heterocycles. The zero-order chi connectivity index (χ0) is 20.8. The molecule has 2 amide bonds. The van der Waals surface area contributed by atoms with Crippen molar-refractivity contribution >= 4 is 34.6 Å². The van der Waals surface area contributed by atoms with Gasteiger partial charge in [-0.3, -0.25) is 19.7 Å². The number of aromatic amines is 1. The van der Waals surface area contributed by atoms with Crippen molar-refractivity contribution in [2.45, 2.75) is 19.0 Å². The molecular formula is C21H17N5O4. The van der Waals surface area contributed by atoms with E-state index >= 15 is 0 Å². The number of nitro benzene ring substituents is 1. The van der Waals surface area contributed by atoms with Gasteiger partial charge in [0, 0.05) is 40.7 Å². The predicted molar refractivity (Wildman–Crippen MR) is 109 cm³/mol. The molecular weight excluding hydrogens is 386 g/mol. The normalized spacial score (nSPS) is 18.7. The van der Waals surface area contributed by atoms with Gasteiger partial charge < -0.3 is 9.88 Å². The summed E-state index contributed by atoms with van der Waals surface area (Å²) in [5.74, 6) is -0.438. The van der Waals surface area contributed by atoms with Gasteiger partial charge in [0.05, 0.1) is 17.7 Å².